The van der Waals surface area contributed by atoms with Crippen LogP contribution in [0.15, 0.2) is 40.7 Å². The molecule has 0 spiro atoms. The summed E-state index contributed by atoms with van der Waals surface area (Å²) in [5.41, 5.74) is 2.17. The van der Waals surface area contributed by atoms with Crippen molar-refractivity contribution in [3.63, 3.8) is 0 Å². The molecule has 1 heterocycles. The highest BCUT2D eigenvalue weighted by Gasteiger charge is 2.04. The number of hydrogen-bond donors (Lipinski definition) is 2. The van der Waals surface area contributed by atoms with Crippen LogP contribution in [0.5, 0.6) is 0 Å². The van der Waals surface area contributed by atoms with Crippen molar-refractivity contribution in [2.24, 2.45) is 4.99 Å². The average Bonchev–Trinajstić information content (AvgIpc) is 2.95. The van der Waals surface area contributed by atoms with Crippen LogP contribution in [-0.4, -0.2) is 24.0 Å². The Morgan fingerprint density at radius 2 is 1.81 bits per heavy atom. The lowest BCUT2D eigenvalue weighted by Gasteiger charge is -2.08. The summed E-state index contributed by atoms with van der Waals surface area (Å²) in [6.07, 6.45) is 0. The molecule has 6 heteroatoms. The number of halogens is 1. The fourth-order valence-electron chi connectivity index (χ4n) is 1.78. The van der Waals surface area contributed by atoms with Crippen LogP contribution < -0.4 is 10.6 Å². The monoisotopic (exact) mass is 416 g/mol. The first kappa shape index (κ1) is 17.9. The quantitative estimate of drug-likeness (QED) is 0.446. The van der Waals surface area contributed by atoms with Crippen molar-refractivity contribution >= 4 is 41.3 Å². The molecule has 0 aliphatic rings. The average molecular weight is 416 g/mol. The highest BCUT2D eigenvalue weighted by Crippen LogP contribution is 2.21. The summed E-state index contributed by atoms with van der Waals surface area (Å²) in [5, 5.41) is 9.52. The number of aliphatic imine (C=N–C) groups is 1. The summed E-state index contributed by atoms with van der Waals surface area (Å²) in [7, 11) is 0. The molecular formula is C15H21IN4S. The van der Waals surface area contributed by atoms with Gasteiger partial charge in [0.15, 0.2) is 5.96 Å². The Kier molecular flexibility index (Phi) is 8.29. The predicted octanol–water partition coefficient (Wildman–Crippen LogP) is 3.50. The number of benzene rings is 1. The molecule has 0 atom stereocenters. The molecule has 0 unspecified atom stereocenters. The Labute approximate surface area is 147 Å². The Morgan fingerprint density at radius 3 is 2.43 bits per heavy atom. The topological polar surface area (TPSA) is 49.3 Å². The van der Waals surface area contributed by atoms with Crippen molar-refractivity contribution < 1.29 is 0 Å². The number of thiazole rings is 1. The van der Waals surface area contributed by atoms with Gasteiger partial charge in [-0.2, -0.15) is 0 Å². The van der Waals surface area contributed by atoms with Gasteiger partial charge in [-0.3, -0.25) is 0 Å². The van der Waals surface area contributed by atoms with Crippen molar-refractivity contribution in [1.82, 2.24) is 15.6 Å². The van der Waals surface area contributed by atoms with E-state index in [1.54, 1.807) is 11.3 Å². The van der Waals surface area contributed by atoms with E-state index in [9.17, 15) is 0 Å². The van der Waals surface area contributed by atoms with Crippen LogP contribution in [0.2, 0.25) is 0 Å². The van der Waals surface area contributed by atoms with Gasteiger partial charge in [-0.1, -0.05) is 30.3 Å². The van der Waals surface area contributed by atoms with Crippen molar-refractivity contribution in [1.29, 1.82) is 0 Å². The summed E-state index contributed by atoms with van der Waals surface area (Å²) < 4.78 is 0. The zero-order valence-electron chi connectivity index (χ0n) is 12.3. The van der Waals surface area contributed by atoms with E-state index in [-0.39, 0.29) is 24.0 Å². The van der Waals surface area contributed by atoms with Crippen LogP contribution >= 0.6 is 35.3 Å². The van der Waals surface area contributed by atoms with Gasteiger partial charge in [-0.05, 0) is 13.8 Å². The van der Waals surface area contributed by atoms with Crippen molar-refractivity contribution in [2.45, 2.75) is 20.4 Å². The second-order valence-corrected chi connectivity index (χ2v) is 5.16. The predicted molar refractivity (Wildman–Crippen MR) is 101 cm³/mol. The minimum Gasteiger partial charge on any atom is -0.357 e. The van der Waals surface area contributed by atoms with Crippen molar-refractivity contribution in [3.8, 4) is 11.3 Å². The van der Waals surface area contributed by atoms with Gasteiger partial charge in [0.2, 0.25) is 0 Å². The molecule has 114 valence electrons. The third-order valence-corrected chi connectivity index (χ3v) is 3.52. The molecule has 2 rings (SSSR count). The minimum atomic E-state index is 0. The third kappa shape index (κ3) is 5.62. The summed E-state index contributed by atoms with van der Waals surface area (Å²) >= 11 is 1.65. The summed E-state index contributed by atoms with van der Waals surface area (Å²) in [6, 6.07) is 10.2. The van der Waals surface area contributed by atoms with Crippen LogP contribution in [-0.2, 0) is 6.54 Å². The van der Waals surface area contributed by atoms with Gasteiger partial charge in [0.05, 0.1) is 12.2 Å². The van der Waals surface area contributed by atoms with E-state index in [1.807, 2.05) is 18.2 Å². The molecule has 1 aromatic heterocycles. The molecule has 2 N–H and O–H groups in total. The maximum atomic E-state index is 4.63. The first-order chi connectivity index (χ1) is 9.83. The first-order valence-electron chi connectivity index (χ1n) is 6.85. The minimum absolute atomic E-state index is 0. The van der Waals surface area contributed by atoms with Crippen LogP contribution in [0, 0.1) is 0 Å². The summed E-state index contributed by atoms with van der Waals surface area (Å²) in [4.78, 5) is 9.15. The molecule has 4 nitrogen and oxygen atoms in total. The van der Waals surface area contributed by atoms with Gasteiger partial charge in [-0.15, -0.1) is 35.3 Å². The molecule has 2 aromatic rings. The number of hydrogen-bond acceptors (Lipinski definition) is 3. The van der Waals surface area contributed by atoms with Gasteiger partial charge in [0.1, 0.15) is 5.01 Å². The van der Waals surface area contributed by atoms with Crippen LogP contribution in [0.4, 0.5) is 0 Å². The smallest absolute Gasteiger partial charge is 0.191 e. The lowest BCUT2D eigenvalue weighted by Crippen LogP contribution is -2.36. The maximum Gasteiger partial charge on any atom is 0.191 e. The van der Waals surface area contributed by atoms with Gasteiger partial charge >= 0.3 is 0 Å². The van der Waals surface area contributed by atoms with Gasteiger partial charge in [0.25, 0.3) is 0 Å². The zero-order chi connectivity index (χ0) is 14.2. The largest absolute Gasteiger partial charge is 0.357 e. The molecule has 0 aliphatic heterocycles. The fraction of sp³-hybridized carbons (Fsp3) is 0.333. The van der Waals surface area contributed by atoms with Crippen LogP contribution in [0.1, 0.15) is 18.9 Å². The van der Waals surface area contributed by atoms with Gasteiger partial charge < -0.3 is 10.6 Å². The van der Waals surface area contributed by atoms with Crippen LogP contribution in [0.3, 0.4) is 0 Å². The lowest BCUT2D eigenvalue weighted by molar-refractivity contribution is 0.838. The van der Waals surface area contributed by atoms with Crippen molar-refractivity contribution in [2.75, 3.05) is 13.1 Å². The first-order valence-corrected chi connectivity index (χ1v) is 7.73. The Bertz CT molecular complexity index is 546. The van der Waals surface area contributed by atoms with Gasteiger partial charge in [0, 0.05) is 24.0 Å². The maximum absolute atomic E-state index is 4.63. The van der Waals surface area contributed by atoms with E-state index in [0.717, 1.165) is 35.3 Å². The van der Waals surface area contributed by atoms with E-state index in [0.29, 0.717) is 6.54 Å². The number of nitrogens with one attached hydrogen (secondary N) is 2. The molecule has 1 aromatic carbocycles. The molecule has 0 saturated carbocycles. The van der Waals surface area contributed by atoms with E-state index in [4.69, 9.17) is 0 Å². The lowest BCUT2D eigenvalue weighted by atomic mass is 10.2. The second-order valence-electron chi connectivity index (χ2n) is 4.22. The normalized spacial score (nSPS) is 9.62. The highest BCUT2D eigenvalue weighted by atomic mass is 127. The van der Waals surface area contributed by atoms with E-state index >= 15 is 0 Å². The van der Waals surface area contributed by atoms with Crippen LogP contribution in [0.25, 0.3) is 11.3 Å². The Morgan fingerprint density at radius 1 is 1.14 bits per heavy atom. The fourth-order valence-corrected chi connectivity index (χ4v) is 2.51. The molecule has 0 saturated heterocycles. The molecule has 0 fully saturated rings. The molecule has 0 bridgehead atoms. The molecular weight excluding hydrogens is 395 g/mol. The molecule has 0 aliphatic carbocycles. The van der Waals surface area contributed by atoms with E-state index in [2.05, 4.69) is 52.0 Å². The standard InChI is InChI=1S/C15H20N4S.HI/c1-3-16-15(17-4-2)18-10-14-19-13(11-20-14)12-8-6-5-7-9-12;/h5-9,11H,3-4,10H2,1-2H3,(H2,16,17,18);1H. The number of rotatable bonds is 5. The SMILES string of the molecule is CCNC(=NCc1nc(-c2ccccc2)cs1)NCC.I. The van der Waals surface area contributed by atoms with Gasteiger partial charge in [-0.25, -0.2) is 9.98 Å². The number of guanidine groups is 1. The number of nitrogens with zero attached hydrogens (tertiary/aromatic N) is 2. The van der Waals surface area contributed by atoms with E-state index in [1.165, 1.54) is 0 Å². The summed E-state index contributed by atoms with van der Waals surface area (Å²) in [5.74, 6) is 0.839. The second kappa shape index (κ2) is 9.73. The third-order valence-electron chi connectivity index (χ3n) is 2.68. The Balaban J connectivity index is 0.00000220. The van der Waals surface area contributed by atoms with Crippen molar-refractivity contribution in [3.05, 3.63) is 40.7 Å². The highest BCUT2D eigenvalue weighted by molar-refractivity contribution is 14.0. The Hall–Kier alpha value is -1.15. The molecule has 0 radical (unpaired) electrons. The molecule has 0 amide bonds. The van der Waals surface area contributed by atoms with E-state index < -0.39 is 0 Å². The molecule has 21 heavy (non-hydrogen) atoms. The summed E-state index contributed by atoms with van der Waals surface area (Å²) in [6.45, 7) is 6.44. The number of aromatic nitrogens is 1. The zero-order valence-corrected chi connectivity index (χ0v) is 15.4.